The molecule has 0 radical (unpaired) electrons. The molecule has 0 aromatic heterocycles. The molecule has 6 heteroatoms. The Labute approximate surface area is 92.6 Å². The van der Waals surface area contributed by atoms with Crippen LogP contribution >= 0.6 is 11.8 Å². The van der Waals surface area contributed by atoms with Crippen LogP contribution in [0.4, 0.5) is 0 Å². The average Bonchev–Trinajstić information content (AvgIpc) is 2.67. The maximum absolute atomic E-state index is 11.6. The number of thioether (sulfide) groups is 1. The van der Waals surface area contributed by atoms with E-state index in [2.05, 4.69) is 5.32 Å². The minimum absolute atomic E-state index is 0.284. The van der Waals surface area contributed by atoms with Gasteiger partial charge in [-0.25, -0.2) is 9.59 Å². The summed E-state index contributed by atoms with van der Waals surface area (Å²) in [5.41, 5.74) is 0. The number of aliphatic carboxylic acids is 1. The van der Waals surface area contributed by atoms with E-state index < -0.39 is 16.8 Å². The molecule has 0 aromatic rings. The van der Waals surface area contributed by atoms with Gasteiger partial charge >= 0.3 is 11.9 Å². The standard InChI is InChI=1S/C9H15NO4S/c1-2-3-5-14-8(13)9(7(11)12)10-4-6-15-9/h10H,2-6H2,1H3,(H,11,12). The van der Waals surface area contributed by atoms with E-state index in [4.69, 9.17) is 9.84 Å². The highest BCUT2D eigenvalue weighted by atomic mass is 32.2. The van der Waals surface area contributed by atoms with Crippen molar-refractivity contribution in [2.24, 2.45) is 0 Å². The zero-order chi connectivity index (χ0) is 11.3. The van der Waals surface area contributed by atoms with Crippen molar-refractivity contribution in [3.05, 3.63) is 0 Å². The molecule has 86 valence electrons. The summed E-state index contributed by atoms with van der Waals surface area (Å²) in [5, 5.41) is 11.7. The number of carbonyl (C=O) groups excluding carboxylic acids is 1. The summed E-state index contributed by atoms with van der Waals surface area (Å²) in [6.45, 7) is 2.77. The Morgan fingerprint density at radius 3 is 2.80 bits per heavy atom. The molecular formula is C9H15NO4S. The maximum Gasteiger partial charge on any atom is 0.348 e. The third-order valence-electron chi connectivity index (χ3n) is 2.11. The van der Waals surface area contributed by atoms with E-state index in [1.165, 1.54) is 0 Å². The molecule has 0 bridgehead atoms. The molecule has 5 nitrogen and oxygen atoms in total. The summed E-state index contributed by atoms with van der Waals surface area (Å²) < 4.78 is 4.93. The Kier molecular flexibility index (Phi) is 4.41. The van der Waals surface area contributed by atoms with Crippen molar-refractivity contribution >= 4 is 23.7 Å². The van der Waals surface area contributed by atoms with Crippen LogP contribution in [0.2, 0.25) is 0 Å². The van der Waals surface area contributed by atoms with Gasteiger partial charge in [0, 0.05) is 12.3 Å². The van der Waals surface area contributed by atoms with E-state index in [1.54, 1.807) is 0 Å². The van der Waals surface area contributed by atoms with Gasteiger partial charge in [-0.15, -0.1) is 11.8 Å². The highest BCUT2D eigenvalue weighted by Gasteiger charge is 2.51. The molecule has 1 heterocycles. The van der Waals surface area contributed by atoms with E-state index in [9.17, 15) is 9.59 Å². The van der Waals surface area contributed by atoms with Gasteiger partial charge in [0.25, 0.3) is 4.87 Å². The summed E-state index contributed by atoms with van der Waals surface area (Å²) in [4.78, 5) is 21.0. The van der Waals surface area contributed by atoms with Gasteiger partial charge in [-0.1, -0.05) is 13.3 Å². The predicted octanol–water partition coefficient (Wildman–Crippen LogP) is 0.447. The Bertz CT molecular complexity index is 250. The first-order valence-corrected chi connectivity index (χ1v) is 5.91. The van der Waals surface area contributed by atoms with E-state index in [0.717, 1.165) is 24.6 Å². The van der Waals surface area contributed by atoms with Crippen LogP contribution in [0, 0.1) is 0 Å². The Morgan fingerprint density at radius 2 is 2.33 bits per heavy atom. The van der Waals surface area contributed by atoms with Crippen molar-refractivity contribution < 1.29 is 19.4 Å². The predicted molar refractivity (Wildman–Crippen MR) is 56.7 cm³/mol. The number of ether oxygens (including phenoxy) is 1. The normalized spacial score (nSPS) is 25.1. The molecule has 1 aliphatic rings. The quantitative estimate of drug-likeness (QED) is 0.408. The van der Waals surface area contributed by atoms with Crippen LogP contribution in [0.3, 0.4) is 0 Å². The summed E-state index contributed by atoms with van der Waals surface area (Å²) in [6, 6.07) is 0. The topological polar surface area (TPSA) is 75.6 Å². The molecule has 0 spiro atoms. The van der Waals surface area contributed by atoms with Crippen molar-refractivity contribution in [2.45, 2.75) is 24.6 Å². The van der Waals surface area contributed by atoms with Crippen molar-refractivity contribution in [1.29, 1.82) is 0 Å². The number of hydrogen-bond acceptors (Lipinski definition) is 5. The van der Waals surface area contributed by atoms with Crippen molar-refractivity contribution in [3.8, 4) is 0 Å². The molecule has 2 N–H and O–H groups in total. The van der Waals surface area contributed by atoms with E-state index in [0.29, 0.717) is 12.3 Å². The average molecular weight is 233 g/mol. The van der Waals surface area contributed by atoms with Crippen molar-refractivity contribution in [1.82, 2.24) is 5.32 Å². The van der Waals surface area contributed by atoms with Gasteiger partial charge < -0.3 is 9.84 Å². The number of esters is 1. The number of carboxylic acids is 1. The van der Waals surface area contributed by atoms with Crippen molar-refractivity contribution in [2.75, 3.05) is 18.9 Å². The SMILES string of the molecule is CCCCOC(=O)C1(C(=O)O)NCCS1. The molecule has 0 saturated carbocycles. The van der Waals surface area contributed by atoms with Gasteiger partial charge in [0.15, 0.2) is 0 Å². The summed E-state index contributed by atoms with van der Waals surface area (Å²) in [5.74, 6) is -1.26. The third-order valence-corrected chi connectivity index (χ3v) is 3.44. The summed E-state index contributed by atoms with van der Waals surface area (Å²) in [7, 11) is 0. The summed E-state index contributed by atoms with van der Waals surface area (Å²) in [6.07, 6.45) is 1.67. The first kappa shape index (κ1) is 12.3. The van der Waals surface area contributed by atoms with E-state index in [-0.39, 0.29) is 6.61 Å². The lowest BCUT2D eigenvalue weighted by molar-refractivity contribution is -0.157. The lowest BCUT2D eigenvalue weighted by Gasteiger charge is -2.20. The fourth-order valence-electron chi connectivity index (χ4n) is 1.25. The molecule has 1 fully saturated rings. The molecule has 0 amide bonds. The second kappa shape index (κ2) is 5.37. The fraction of sp³-hybridized carbons (Fsp3) is 0.778. The third kappa shape index (κ3) is 2.63. The van der Waals surface area contributed by atoms with Gasteiger partial charge in [0.1, 0.15) is 0 Å². The van der Waals surface area contributed by atoms with Crippen LogP contribution in [0.25, 0.3) is 0 Å². The molecular weight excluding hydrogens is 218 g/mol. The Morgan fingerprint density at radius 1 is 1.60 bits per heavy atom. The number of hydrogen-bond donors (Lipinski definition) is 2. The zero-order valence-corrected chi connectivity index (χ0v) is 9.43. The van der Waals surface area contributed by atoms with E-state index in [1.807, 2.05) is 6.92 Å². The second-order valence-corrected chi connectivity index (χ2v) is 4.56. The second-order valence-electron chi connectivity index (χ2n) is 3.25. The van der Waals surface area contributed by atoms with Gasteiger partial charge in [-0.2, -0.15) is 0 Å². The lowest BCUT2D eigenvalue weighted by atomic mass is 10.3. The van der Waals surface area contributed by atoms with Gasteiger partial charge in [0.2, 0.25) is 0 Å². The minimum atomic E-state index is -1.58. The molecule has 1 atom stereocenters. The maximum atomic E-state index is 11.6. The number of rotatable bonds is 5. The van der Waals surface area contributed by atoms with Gasteiger partial charge in [-0.3, -0.25) is 5.32 Å². The minimum Gasteiger partial charge on any atom is -0.479 e. The summed E-state index contributed by atoms with van der Waals surface area (Å²) >= 11 is 1.08. The van der Waals surface area contributed by atoms with Crippen LogP contribution < -0.4 is 5.32 Å². The van der Waals surface area contributed by atoms with E-state index >= 15 is 0 Å². The smallest absolute Gasteiger partial charge is 0.348 e. The number of nitrogens with one attached hydrogen (secondary N) is 1. The first-order valence-electron chi connectivity index (χ1n) is 4.93. The zero-order valence-electron chi connectivity index (χ0n) is 8.62. The van der Waals surface area contributed by atoms with Crippen LogP contribution in [0.1, 0.15) is 19.8 Å². The molecule has 1 unspecified atom stereocenters. The fourth-order valence-corrected chi connectivity index (χ4v) is 2.26. The van der Waals surface area contributed by atoms with Gasteiger partial charge in [-0.05, 0) is 6.42 Å². The van der Waals surface area contributed by atoms with Crippen LogP contribution in [-0.2, 0) is 14.3 Å². The molecule has 15 heavy (non-hydrogen) atoms. The highest BCUT2D eigenvalue weighted by molar-refractivity contribution is 8.02. The molecule has 0 aromatic carbocycles. The number of carboxylic acid groups (broad SMARTS) is 1. The monoisotopic (exact) mass is 233 g/mol. The highest BCUT2D eigenvalue weighted by Crippen LogP contribution is 2.29. The van der Waals surface area contributed by atoms with Crippen LogP contribution in [0.15, 0.2) is 0 Å². The van der Waals surface area contributed by atoms with Crippen LogP contribution in [0.5, 0.6) is 0 Å². The molecule has 0 aliphatic carbocycles. The molecule has 1 saturated heterocycles. The molecule has 1 rings (SSSR count). The number of unbranched alkanes of at least 4 members (excludes halogenated alkanes) is 1. The Hall–Kier alpha value is -0.750. The first-order chi connectivity index (χ1) is 7.13. The number of carbonyl (C=O) groups is 2. The largest absolute Gasteiger partial charge is 0.479 e. The van der Waals surface area contributed by atoms with Crippen molar-refractivity contribution in [3.63, 3.8) is 0 Å². The Balaban J connectivity index is 2.56. The molecule has 1 aliphatic heterocycles. The van der Waals surface area contributed by atoms with Gasteiger partial charge in [0.05, 0.1) is 6.61 Å². The lowest BCUT2D eigenvalue weighted by Crippen LogP contribution is -2.53. The van der Waals surface area contributed by atoms with Crippen LogP contribution in [-0.4, -0.2) is 40.8 Å².